The maximum atomic E-state index is 11.5. The van der Waals surface area contributed by atoms with E-state index in [1.54, 1.807) is 6.92 Å². The van der Waals surface area contributed by atoms with E-state index < -0.39 is 35.9 Å². The van der Waals surface area contributed by atoms with E-state index in [-0.39, 0.29) is 0 Å². The molecule has 98 valence electrons. The normalized spacial score (nSPS) is 15.5. The molecule has 0 aromatic rings. The minimum atomic E-state index is -1.14. The fraction of sp³-hybridized carbons (Fsp3) is 0.700. The minimum absolute atomic E-state index is 0.432. The highest BCUT2D eigenvalue weighted by atomic mass is 16.4. The lowest BCUT2D eigenvalue weighted by molar-refractivity contribution is -0.141. The van der Waals surface area contributed by atoms with Crippen molar-refractivity contribution in [2.45, 2.75) is 45.3 Å². The predicted octanol–water partition coefficient (Wildman–Crippen LogP) is -1.18. The van der Waals surface area contributed by atoms with E-state index >= 15 is 0 Å². The van der Waals surface area contributed by atoms with Gasteiger partial charge in [-0.05, 0) is 20.3 Å². The van der Waals surface area contributed by atoms with Gasteiger partial charge in [0.25, 0.3) is 0 Å². The first-order chi connectivity index (χ1) is 7.79. The second kappa shape index (κ2) is 6.85. The SMILES string of the molecule is CC[C@H](N)C(=O)N[C@@H](C)C(=O)N[C@@H](C)C(=O)O. The van der Waals surface area contributed by atoms with Gasteiger partial charge in [-0.1, -0.05) is 6.92 Å². The van der Waals surface area contributed by atoms with E-state index in [0.29, 0.717) is 6.42 Å². The summed E-state index contributed by atoms with van der Waals surface area (Å²) in [6.45, 7) is 4.55. The molecule has 0 spiro atoms. The van der Waals surface area contributed by atoms with Crippen molar-refractivity contribution in [2.75, 3.05) is 0 Å². The summed E-state index contributed by atoms with van der Waals surface area (Å²) in [5.74, 6) is -2.13. The van der Waals surface area contributed by atoms with Crippen molar-refractivity contribution in [3.05, 3.63) is 0 Å². The number of aliphatic carboxylic acids is 1. The number of hydrogen-bond donors (Lipinski definition) is 4. The fourth-order valence-electron chi connectivity index (χ4n) is 0.971. The van der Waals surface area contributed by atoms with Gasteiger partial charge in [-0.15, -0.1) is 0 Å². The maximum Gasteiger partial charge on any atom is 0.325 e. The number of carbonyl (C=O) groups excluding carboxylic acids is 2. The van der Waals surface area contributed by atoms with Gasteiger partial charge >= 0.3 is 5.97 Å². The van der Waals surface area contributed by atoms with Crippen LogP contribution in [0.2, 0.25) is 0 Å². The number of hydrogen-bond acceptors (Lipinski definition) is 4. The Bertz CT molecular complexity index is 306. The number of carboxylic acids is 1. The van der Waals surface area contributed by atoms with Gasteiger partial charge in [0.2, 0.25) is 11.8 Å². The molecule has 0 radical (unpaired) electrons. The molecule has 0 saturated heterocycles. The Morgan fingerprint density at radius 1 is 1.12 bits per heavy atom. The molecule has 0 aliphatic rings. The Kier molecular flexibility index (Phi) is 6.19. The number of amides is 2. The lowest BCUT2D eigenvalue weighted by Crippen LogP contribution is -2.52. The van der Waals surface area contributed by atoms with Gasteiger partial charge in [0.05, 0.1) is 6.04 Å². The van der Waals surface area contributed by atoms with Gasteiger partial charge in [-0.25, -0.2) is 0 Å². The van der Waals surface area contributed by atoms with Crippen molar-refractivity contribution < 1.29 is 19.5 Å². The molecule has 0 fully saturated rings. The van der Waals surface area contributed by atoms with Crippen LogP contribution in [0.25, 0.3) is 0 Å². The van der Waals surface area contributed by atoms with E-state index in [9.17, 15) is 14.4 Å². The summed E-state index contributed by atoms with van der Waals surface area (Å²) in [5, 5.41) is 13.3. The zero-order valence-electron chi connectivity index (χ0n) is 10.2. The first-order valence-corrected chi connectivity index (χ1v) is 5.38. The van der Waals surface area contributed by atoms with Gasteiger partial charge in [0, 0.05) is 0 Å². The summed E-state index contributed by atoms with van der Waals surface area (Å²) in [7, 11) is 0. The summed E-state index contributed by atoms with van der Waals surface area (Å²) < 4.78 is 0. The maximum absolute atomic E-state index is 11.5. The van der Waals surface area contributed by atoms with Crippen LogP contribution >= 0.6 is 0 Å². The minimum Gasteiger partial charge on any atom is -0.480 e. The molecule has 0 aliphatic heterocycles. The van der Waals surface area contributed by atoms with Crippen LogP contribution in [-0.2, 0) is 14.4 Å². The largest absolute Gasteiger partial charge is 0.480 e. The van der Waals surface area contributed by atoms with Crippen molar-refractivity contribution in [3.8, 4) is 0 Å². The third-order valence-corrected chi connectivity index (χ3v) is 2.26. The van der Waals surface area contributed by atoms with Crippen molar-refractivity contribution in [1.29, 1.82) is 0 Å². The number of nitrogens with one attached hydrogen (secondary N) is 2. The molecular weight excluding hydrogens is 226 g/mol. The Hall–Kier alpha value is -1.63. The Morgan fingerprint density at radius 2 is 1.59 bits per heavy atom. The van der Waals surface area contributed by atoms with Gasteiger partial charge in [0.1, 0.15) is 12.1 Å². The quantitative estimate of drug-likeness (QED) is 0.469. The summed E-state index contributed by atoms with van der Waals surface area (Å²) in [6, 6.07) is -2.48. The van der Waals surface area contributed by atoms with Crippen LogP contribution < -0.4 is 16.4 Å². The fourth-order valence-corrected chi connectivity index (χ4v) is 0.971. The topological polar surface area (TPSA) is 122 Å². The Labute approximate surface area is 99.7 Å². The molecule has 0 unspecified atom stereocenters. The first-order valence-electron chi connectivity index (χ1n) is 5.38. The highest BCUT2D eigenvalue weighted by Gasteiger charge is 2.21. The standard InChI is InChI=1S/C10H19N3O4/c1-4-7(11)9(15)12-5(2)8(14)13-6(3)10(16)17/h5-7H,4,11H2,1-3H3,(H,12,15)(H,13,14)(H,16,17)/t5-,6-,7-/m0/s1. The van der Waals surface area contributed by atoms with Crippen LogP contribution in [0, 0.1) is 0 Å². The molecule has 7 heteroatoms. The van der Waals surface area contributed by atoms with Gasteiger partial charge < -0.3 is 21.5 Å². The number of carbonyl (C=O) groups is 3. The highest BCUT2D eigenvalue weighted by Crippen LogP contribution is 1.91. The van der Waals surface area contributed by atoms with E-state index in [1.807, 2.05) is 0 Å². The molecule has 3 atom stereocenters. The lowest BCUT2D eigenvalue weighted by atomic mass is 10.2. The molecule has 0 bridgehead atoms. The second-order valence-electron chi connectivity index (χ2n) is 3.81. The summed E-state index contributed by atoms with van der Waals surface area (Å²) in [6.07, 6.45) is 0.464. The molecule has 0 aliphatic carbocycles. The number of carboxylic acid groups (broad SMARTS) is 1. The third-order valence-electron chi connectivity index (χ3n) is 2.26. The molecule has 2 amide bonds. The first kappa shape index (κ1) is 15.4. The van der Waals surface area contributed by atoms with E-state index in [2.05, 4.69) is 10.6 Å². The van der Waals surface area contributed by atoms with Gasteiger partial charge in [0.15, 0.2) is 0 Å². The average Bonchev–Trinajstić information content (AvgIpc) is 2.27. The Balaban J connectivity index is 4.23. The summed E-state index contributed by atoms with van der Waals surface area (Å²) in [4.78, 5) is 33.4. The zero-order valence-corrected chi connectivity index (χ0v) is 10.2. The van der Waals surface area contributed by atoms with Crippen LogP contribution in [-0.4, -0.2) is 41.0 Å². The highest BCUT2D eigenvalue weighted by molar-refractivity contribution is 5.91. The molecular formula is C10H19N3O4. The lowest BCUT2D eigenvalue weighted by Gasteiger charge is -2.17. The molecule has 0 saturated carbocycles. The zero-order chi connectivity index (χ0) is 13.6. The van der Waals surface area contributed by atoms with Crippen molar-refractivity contribution in [2.24, 2.45) is 5.73 Å². The molecule has 7 nitrogen and oxygen atoms in total. The third kappa shape index (κ3) is 5.30. The van der Waals surface area contributed by atoms with Crippen LogP contribution in [0.5, 0.6) is 0 Å². The Morgan fingerprint density at radius 3 is 2.00 bits per heavy atom. The van der Waals surface area contributed by atoms with Crippen molar-refractivity contribution in [1.82, 2.24) is 10.6 Å². The molecule has 5 N–H and O–H groups in total. The van der Waals surface area contributed by atoms with E-state index in [1.165, 1.54) is 13.8 Å². The van der Waals surface area contributed by atoms with Gasteiger partial charge in [-0.2, -0.15) is 0 Å². The van der Waals surface area contributed by atoms with Crippen LogP contribution in [0.1, 0.15) is 27.2 Å². The molecule has 17 heavy (non-hydrogen) atoms. The molecule has 0 rings (SSSR count). The second-order valence-corrected chi connectivity index (χ2v) is 3.81. The number of nitrogens with two attached hydrogens (primary N) is 1. The van der Waals surface area contributed by atoms with Crippen LogP contribution in [0.4, 0.5) is 0 Å². The van der Waals surface area contributed by atoms with Crippen molar-refractivity contribution >= 4 is 17.8 Å². The number of rotatable bonds is 6. The van der Waals surface area contributed by atoms with Crippen molar-refractivity contribution in [3.63, 3.8) is 0 Å². The summed E-state index contributed by atoms with van der Waals surface area (Å²) >= 11 is 0. The molecule has 0 aromatic heterocycles. The van der Waals surface area contributed by atoms with Crippen LogP contribution in [0.3, 0.4) is 0 Å². The molecule has 0 heterocycles. The smallest absolute Gasteiger partial charge is 0.325 e. The van der Waals surface area contributed by atoms with Gasteiger partial charge in [-0.3, -0.25) is 14.4 Å². The van der Waals surface area contributed by atoms with E-state index in [4.69, 9.17) is 10.8 Å². The van der Waals surface area contributed by atoms with E-state index in [0.717, 1.165) is 0 Å². The van der Waals surface area contributed by atoms with Crippen LogP contribution in [0.15, 0.2) is 0 Å². The average molecular weight is 245 g/mol. The monoisotopic (exact) mass is 245 g/mol. The molecule has 0 aromatic carbocycles. The summed E-state index contributed by atoms with van der Waals surface area (Å²) in [5.41, 5.74) is 5.48. The predicted molar refractivity (Wildman–Crippen MR) is 61.1 cm³/mol.